The Balaban J connectivity index is 2.22. The van der Waals surface area contributed by atoms with Gasteiger partial charge in [0.2, 0.25) is 10.0 Å². The molecule has 0 amide bonds. The lowest BCUT2D eigenvalue weighted by atomic mass is 10.1. The van der Waals surface area contributed by atoms with Crippen LogP contribution in [-0.2, 0) is 23.1 Å². The zero-order valence-electron chi connectivity index (χ0n) is 11.0. The van der Waals surface area contributed by atoms with Crippen molar-refractivity contribution in [3.05, 3.63) is 63.6 Å². The molecule has 0 saturated heterocycles. The van der Waals surface area contributed by atoms with Crippen LogP contribution in [0.1, 0.15) is 11.1 Å². The van der Waals surface area contributed by atoms with Gasteiger partial charge >= 0.3 is 0 Å². The first-order valence-corrected chi connectivity index (χ1v) is 8.39. The minimum Gasteiger partial charge on any atom is -0.326 e. The molecule has 0 unspecified atom stereocenters. The molecule has 0 aliphatic rings. The number of benzene rings is 2. The SMILES string of the molecule is NCc1ccccc1CNS(=O)(=O)c1cc(Cl)cc(Cl)c1. The van der Waals surface area contributed by atoms with Gasteiger partial charge in [-0.15, -0.1) is 0 Å². The summed E-state index contributed by atoms with van der Waals surface area (Å²) in [5.74, 6) is 0. The van der Waals surface area contributed by atoms with E-state index in [2.05, 4.69) is 4.72 Å². The average Bonchev–Trinajstić information content (AvgIpc) is 2.44. The summed E-state index contributed by atoms with van der Waals surface area (Å²) < 4.78 is 27.0. The van der Waals surface area contributed by atoms with Crippen LogP contribution in [0.3, 0.4) is 0 Å². The van der Waals surface area contributed by atoms with Crippen molar-refractivity contribution < 1.29 is 8.42 Å². The summed E-state index contributed by atoms with van der Waals surface area (Å²) in [6, 6.07) is 11.6. The van der Waals surface area contributed by atoms with Gasteiger partial charge in [0.05, 0.1) is 4.90 Å². The Hall–Kier alpha value is -1.11. The average molecular weight is 345 g/mol. The van der Waals surface area contributed by atoms with E-state index in [9.17, 15) is 8.42 Å². The van der Waals surface area contributed by atoms with Crippen LogP contribution >= 0.6 is 23.2 Å². The second-order valence-electron chi connectivity index (χ2n) is 4.40. The lowest BCUT2D eigenvalue weighted by Crippen LogP contribution is -2.24. The van der Waals surface area contributed by atoms with Gasteiger partial charge in [-0.05, 0) is 29.3 Å². The first kappa shape index (κ1) is 16.3. The van der Waals surface area contributed by atoms with Gasteiger partial charge in [-0.3, -0.25) is 0 Å². The fourth-order valence-corrected chi connectivity index (χ4v) is 3.60. The molecule has 0 saturated carbocycles. The Morgan fingerprint density at radius 2 is 1.57 bits per heavy atom. The Bertz CT molecular complexity index is 728. The highest BCUT2D eigenvalue weighted by molar-refractivity contribution is 7.89. The molecule has 0 aromatic heterocycles. The zero-order chi connectivity index (χ0) is 15.5. The molecule has 0 radical (unpaired) electrons. The molecule has 3 N–H and O–H groups in total. The highest BCUT2D eigenvalue weighted by atomic mass is 35.5. The predicted octanol–water partition coefficient (Wildman–Crippen LogP) is 2.93. The highest BCUT2D eigenvalue weighted by Gasteiger charge is 2.15. The fourth-order valence-electron chi connectivity index (χ4n) is 1.87. The third kappa shape index (κ3) is 4.18. The van der Waals surface area contributed by atoms with E-state index in [1.165, 1.54) is 18.2 Å². The number of hydrogen-bond acceptors (Lipinski definition) is 3. The summed E-state index contributed by atoms with van der Waals surface area (Å²) in [7, 11) is -3.69. The molecular formula is C14H14Cl2N2O2S. The third-order valence-corrected chi connectivity index (χ3v) is 4.75. The zero-order valence-corrected chi connectivity index (χ0v) is 13.3. The Kier molecular flexibility index (Phi) is 5.24. The van der Waals surface area contributed by atoms with Crippen molar-refractivity contribution in [2.45, 2.75) is 18.0 Å². The maximum absolute atomic E-state index is 12.2. The topological polar surface area (TPSA) is 72.2 Å². The predicted molar refractivity (Wildman–Crippen MR) is 84.8 cm³/mol. The van der Waals surface area contributed by atoms with E-state index in [-0.39, 0.29) is 21.5 Å². The quantitative estimate of drug-likeness (QED) is 0.875. The largest absolute Gasteiger partial charge is 0.326 e. The van der Waals surface area contributed by atoms with Crippen molar-refractivity contribution in [2.24, 2.45) is 5.73 Å². The molecular weight excluding hydrogens is 331 g/mol. The standard InChI is InChI=1S/C14H14Cl2N2O2S/c15-12-5-13(16)7-14(6-12)21(19,20)18-9-11-4-2-1-3-10(11)8-17/h1-7,18H,8-9,17H2. The molecule has 2 aromatic carbocycles. The van der Waals surface area contributed by atoms with Gasteiger partial charge in [0, 0.05) is 23.1 Å². The minimum absolute atomic E-state index is 0.0326. The van der Waals surface area contributed by atoms with Crippen molar-refractivity contribution in [2.75, 3.05) is 0 Å². The summed E-state index contributed by atoms with van der Waals surface area (Å²) in [6.07, 6.45) is 0. The van der Waals surface area contributed by atoms with Crippen molar-refractivity contribution in [1.82, 2.24) is 4.72 Å². The monoisotopic (exact) mass is 344 g/mol. The van der Waals surface area contributed by atoms with Gasteiger partial charge in [0.25, 0.3) is 0 Å². The Morgan fingerprint density at radius 3 is 2.14 bits per heavy atom. The highest BCUT2D eigenvalue weighted by Crippen LogP contribution is 2.22. The molecule has 0 aliphatic carbocycles. The maximum atomic E-state index is 12.2. The van der Waals surface area contributed by atoms with Crippen LogP contribution in [0.4, 0.5) is 0 Å². The van der Waals surface area contributed by atoms with Crippen LogP contribution < -0.4 is 10.5 Å². The molecule has 0 atom stereocenters. The van der Waals surface area contributed by atoms with E-state index >= 15 is 0 Å². The van der Waals surface area contributed by atoms with Gasteiger partial charge < -0.3 is 5.73 Å². The first-order chi connectivity index (χ1) is 9.92. The molecule has 4 nitrogen and oxygen atoms in total. The van der Waals surface area contributed by atoms with Crippen molar-refractivity contribution >= 4 is 33.2 Å². The second-order valence-corrected chi connectivity index (χ2v) is 7.04. The van der Waals surface area contributed by atoms with Crippen LogP contribution in [0, 0.1) is 0 Å². The number of halogens is 2. The van der Waals surface area contributed by atoms with Crippen LogP contribution in [0.15, 0.2) is 47.4 Å². The van der Waals surface area contributed by atoms with E-state index < -0.39 is 10.0 Å². The number of nitrogens with two attached hydrogens (primary N) is 1. The van der Waals surface area contributed by atoms with Crippen molar-refractivity contribution in [1.29, 1.82) is 0 Å². The van der Waals surface area contributed by atoms with E-state index in [0.29, 0.717) is 6.54 Å². The van der Waals surface area contributed by atoms with E-state index in [0.717, 1.165) is 11.1 Å². The molecule has 21 heavy (non-hydrogen) atoms. The van der Waals surface area contributed by atoms with Gasteiger partial charge in [0.1, 0.15) is 0 Å². The van der Waals surface area contributed by atoms with Crippen LogP contribution in [0.5, 0.6) is 0 Å². The lowest BCUT2D eigenvalue weighted by molar-refractivity contribution is 0.581. The van der Waals surface area contributed by atoms with Crippen LogP contribution in [0.25, 0.3) is 0 Å². The molecule has 0 fully saturated rings. The molecule has 2 aromatic rings. The molecule has 0 aliphatic heterocycles. The molecule has 7 heteroatoms. The van der Waals surface area contributed by atoms with Gasteiger partial charge in [-0.25, -0.2) is 13.1 Å². The summed E-state index contributed by atoms with van der Waals surface area (Å²) >= 11 is 11.7. The Labute approximate surface area is 133 Å². The number of hydrogen-bond donors (Lipinski definition) is 2. The number of sulfonamides is 1. The maximum Gasteiger partial charge on any atom is 0.240 e. The van der Waals surface area contributed by atoms with Gasteiger partial charge in [-0.1, -0.05) is 47.5 Å². The Morgan fingerprint density at radius 1 is 1.00 bits per heavy atom. The van der Waals surface area contributed by atoms with Gasteiger partial charge in [-0.2, -0.15) is 0 Å². The molecule has 112 valence electrons. The molecule has 0 spiro atoms. The summed E-state index contributed by atoms with van der Waals surface area (Å²) in [6.45, 7) is 0.501. The minimum atomic E-state index is -3.69. The molecule has 2 rings (SSSR count). The smallest absolute Gasteiger partial charge is 0.240 e. The lowest BCUT2D eigenvalue weighted by Gasteiger charge is -2.10. The van der Waals surface area contributed by atoms with E-state index in [4.69, 9.17) is 28.9 Å². The van der Waals surface area contributed by atoms with Crippen molar-refractivity contribution in [3.8, 4) is 0 Å². The fraction of sp³-hybridized carbons (Fsp3) is 0.143. The normalized spacial score (nSPS) is 11.6. The van der Waals surface area contributed by atoms with E-state index in [1.54, 1.807) is 0 Å². The second kappa shape index (κ2) is 6.77. The summed E-state index contributed by atoms with van der Waals surface area (Å²) in [5, 5.41) is 0.537. The molecule has 0 heterocycles. The van der Waals surface area contributed by atoms with Crippen LogP contribution in [-0.4, -0.2) is 8.42 Å². The van der Waals surface area contributed by atoms with Crippen LogP contribution in [0.2, 0.25) is 10.0 Å². The number of rotatable bonds is 5. The third-order valence-electron chi connectivity index (χ3n) is 2.94. The van der Waals surface area contributed by atoms with E-state index in [1.807, 2.05) is 24.3 Å². The summed E-state index contributed by atoms with van der Waals surface area (Å²) in [4.78, 5) is 0.0326. The van der Waals surface area contributed by atoms with Gasteiger partial charge in [0.15, 0.2) is 0 Å². The number of nitrogens with one attached hydrogen (secondary N) is 1. The molecule has 0 bridgehead atoms. The first-order valence-electron chi connectivity index (χ1n) is 6.15. The summed E-state index contributed by atoms with van der Waals surface area (Å²) in [5.41, 5.74) is 7.35. The van der Waals surface area contributed by atoms with Crippen molar-refractivity contribution in [3.63, 3.8) is 0 Å².